The van der Waals surface area contributed by atoms with Crippen LogP contribution in [0.4, 0.5) is 0 Å². The van der Waals surface area contributed by atoms with Crippen molar-refractivity contribution in [1.29, 1.82) is 0 Å². The van der Waals surface area contributed by atoms with E-state index < -0.39 is 0 Å². The third-order valence-electron chi connectivity index (χ3n) is 5.25. The van der Waals surface area contributed by atoms with E-state index >= 15 is 0 Å². The zero-order valence-electron chi connectivity index (χ0n) is 14.8. The Kier molecular flexibility index (Phi) is 4.42. The van der Waals surface area contributed by atoms with Crippen LogP contribution in [-0.4, -0.2) is 38.2 Å². The minimum Gasteiger partial charge on any atom is -0.414 e. The molecule has 136 valence electrons. The van der Waals surface area contributed by atoms with E-state index in [0.717, 1.165) is 48.3 Å². The molecule has 8 heteroatoms. The van der Waals surface area contributed by atoms with E-state index in [4.69, 9.17) is 4.42 Å². The molecule has 0 aromatic carbocycles. The number of aromatic nitrogens is 4. The molecule has 0 N–H and O–H groups in total. The average molecular weight is 388 g/mol. The van der Waals surface area contributed by atoms with Gasteiger partial charge in [0.05, 0.1) is 6.54 Å². The molecule has 1 aliphatic carbocycles. The Hall–Kier alpha value is -1.51. The van der Waals surface area contributed by atoms with Gasteiger partial charge >= 0.3 is 0 Å². The predicted molar refractivity (Wildman–Crippen MR) is 102 cm³/mol. The molecule has 0 amide bonds. The van der Waals surface area contributed by atoms with Crippen molar-refractivity contribution in [2.45, 2.75) is 55.8 Å². The van der Waals surface area contributed by atoms with E-state index in [9.17, 15) is 0 Å². The lowest BCUT2D eigenvalue weighted by atomic mass is 9.89. The molecule has 1 atom stereocenters. The fourth-order valence-electron chi connectivity index (χ4n) is 3.88. The quantitative estimate of drug-likeness (QED) is 0.628. The van der Waals surface area contributed by atoms with Gasteiger partial charge in [-0.1, -0.05) is 6.92 Å². The van der Waals surface area contributed by atoms with Crippen molar-refractivity contribution in [3.05, 3.63) is 22.7 Å². The summed E-state index contributed by atoms with van der Waals surface area (Å²) in [5.41, 5.74) is 1.43. The molecule has 1 fully saturated rings. The average Bonchev–Trinajstić information content (AvgIpc) is 3.35. The molecule has 1 saturated heterocycles. The first kappa shape index (κ1) is 16.6. The Morgan fingerprint density at radius 3 is 3.04 bits per heavy atom. The third kappa shape index (κ3) is 3.14. The maximum Gasteiger partial charge on any atom is 0.283 e. The molecule has 26 heavy (non-hydrogen) atoms. The molecule has 3 aromatic rings. The summed E-state index contributed by atoms with van der Waals surface area (Å²) < 4.78 is 5.88. The van der Waals surface area contributed by atoms with Crippen LogP contribution in [0.15, 0.2) is 21.0 Å². The van der Waals surface area contributed by atoms with Crippen molar-refractivity contribution < 1.29 is 4.42 Å². The number of hydrogen-bond acceptors (Lipinski definition) is 8. The second-order valence-electron chi connectivity index (χ2n) is 7.26. The van der Waals surface area contributed by atoms with Gasteiger partial charge in [-0.15, -0.1) is 21.5 Å². The maximum absolute atomic E-state index is 5.88. The molecular weight excluding hydrogens is 366 g/mol. The van der Waals surface area contributed by atoms with Gasteiger partial charge in [-0.3, -0.25) is 4.90 Å². The summed E-state index contributed by atoms with van der Waals surface area (Å²) >= 11 is 3.29. The van der Waals surface area contributed by atoms with Crippen molar-refractivity contribution in [3.63, 3.8) is 0 Å². The highest BCUT2D eigenvalue weighted by molar-refractivity contribution is 7.99. The number of fused-ring (bicyclic) bond motifs is 3. The molecule has 5 rings (SSSR count). The fourth-order valence-corrected chi connectivity index (χ4v) is 6.10. The molecule has 3 aromatic heterocycles. The SMILES string of the molecule is C[C@H]1CCc2c(sc3ncnc(Sc4nnc(CN5CCCC5)o4)c23)C1. The topological polar surface area (TPSA) is 67.9 Å². The Labute approximate surface area is 160 Å². The molecule has 6 nitrogen and oxygen atoms in total. The number of nitrogens with zero attached hydrogens (tertiary/aromatic N) is 5. The summed E-state index contributed by atoms with van der Waals surface area (Å²) in [6.07, 6.45) is 7.67. The van der Waals surface area contributed by atoms with E-state index in [1.807, 2.05) is 11.3 Å². The van der Waals surface area contributed by atoms with Gasteiger partial charge in [-0.25, -0.2) is 9.97 Å². The second kappa shape index (κ2) is 6.90. The van der Waals surface area contributed by atoms with E-state index in [0.29, 0.717) is 11.1 Å². The molecule has 0 saturated carbocycles. The highest BCUT2D eigenvalue weighted by atomic mass is 32.2. The molecular formula is C18H21N5OS2. The zero-order valence-corrected chi connectivity index (χ0v) is 16.4. The highest BCUT2D eigenvalue weighted by Gasteiger charge is 2.24. The number of likely N-dealkylation sites (tertiary alicyclic amines) is 1. The van der Waals surface area contributed by atoms with Gasteiger partial charge in [0, 0.05) is 10.3 Å². The lowest BCUT2D eigenvalue weighted by molar-refractivity contribution is 0.278. The fraction of sp³-hybridized carbons (Fsp3) is 0.556. The van der Waals surface area contributed by atoms with Gasteiger partial charge in [0.1, 0.15) is 16.2 Å². The van der Waals surface area contributed by atoms with Crippen LogP contribution in [-0.2, 0) is 19.4 Å². The lowest BCUT2D eigenvalue weighted by Crippen LogP contribution is -2.18. The van der Waals surface area contributed by atoms with Gasteiger partial charge in [-0.2, -0.15) is 0 Å². The van der Waals surface area contributed by atoms with Crippen LogP contribution in [0.3, 0.4) is 0 Å². The summed E-state index contributed by atoms with van der Waals surface area (Å²) in [4.78, 5) is 14.0. The first-order chi connectivity index (χ1) is 12.8. The first-order valence-corrected chi connectivity index (χ1v) is 10.9. The van der Waals surface area contributed by atoms with E-state index in [2.05, 4.69) is 32.0 Å². The summed E-state index contributed by atoms with van der Waals surface area (Å²) in [5, 5.41) is 11.2. The standard InChI is InChI=1S/C18H21N5OS2/c1-11-4-5-12-13(8-11)25-16-15(12)17(20-10-19-16)26-18-22-21-14(24-18)9-23-6-2-3-7-23/h10-11H,2-9H2,1H3/t11-/m0/s1. The van der Waals surface area contributed by atoms with E-state index in [1.165, 1.54) is 46.9 Å². The third-order valence-corrected chi connectivity index (χ3v) is 7.25. The smallest absolute Gasteiger partial charge is 0.283 e. The molecule has 0 spiro atoms. The van der Waals surface area contributed by atoms with Crippen molar-refractivity contribution >= 4 is 33.3 Å². The summed E-state index contributed by atoms with van der Waals surface area (Å²) in [7, 11) is 0. The van der Waals surface area contributed by atoms with Crippen LogP contribution in [0, 0.1) is 5.92 Å². The van der Waals surface area contributed by atoms with Crippen molar-refractivity contribution in [3.8, 4) is 0 Å². The minimum atomic E-state index is 0.573. The van der Waals surface area contributed by atoms with Crippen LogP contribution in [0.2, 0.25) is 0 Å². The first-order valence-electron chi connectivity index (χ1n) is 9.24. The Morgan fingerprint density at radius 1 is 1.27 bits per heavy atom. The number of aryl methyl sites for hydroxylation is 1. The largest absolute Gasteiger partial charge is 0.414 e. The monoisotopic (exact) mass is 387 g/mol. The molecule has 0 bridgehead atoms. The second-order valence-corrected chi connectivity index (χ2v) is 9.28. The highest BCUT2D eigenvalue weighted by Crippen LogP contribution is 2.41. The minimum absolute atomic E-state index is 0.573. The molecule has 1 aliphatic heterocycles. The van der Waals surface area contributed by atoms with Crippen LogP contribution in [0.25, 0.3) is 10.2 Å². The Bertz CT molecular complexity index is 931. The Balaban J connectivity index is 1.42. The summed E-state index contributed by atoms with van der Waals surface area (Å²) in [6, 6.07) is 0. The number of hydrogen-bond donors (Lipinski definition) is 0. The Morgan fingerprint density at radius 2 is 2.15 bits per heavy atom. The van der Waals surface area contributed by atoms with Crippen LogP contribution < -0.4 is 0 Å². The normalized spacial score (nSPS) is 20.7. The van der Waals surface area contributed by atoms with Gasteiger partial charge in [0.25, 0.3) is 5.22 Å². The van der Waals surface area contributed by atoms with Crippen LogP contribution in [0.1, 0.15) is 42.5 Å². The number of rotatable bonds is 4. The number of thiophene rings is 1. The van der Waals surface area contributed by atoms with Crippen LogP contribution >= 0.6 is 23.1 Å². The van der Waals surface area contributed by atoms with E-state index in [-0.39, 0.29) is 0 Å². The van der Waals surface area contributed by atoms with Gasteiger partial charge < -0.3 is 4.42 Å². The van der Waals surface area contributed by atoms with Gasteiger partial charge in [0.2, 0.25) is 5.89 Å². The van der Waals surface area contributed by atoms with Crippen molar-refractivity contribution in [2.24, 2.45) is 5.92 Å². The summed E-state index contributed by atoms with van der Waals surface area (Å²) in [5.74, 6) is 1.45. The van der Waals surface area contributed by atoms with Crippen LogP contribution in [0.5, 0.6) is 0 Å². The van der Waals surface area contributed by atoms with Gasteiger partial charge in [0.15, 0.2) is 0 Å². The predicted octanol–water partition coefficient (Wildman–Crippen LogP) is 3.95. The summed E-state index contributed by atoms with van der Waals surface area (Å²) in [6.45, 7) is 5.32. The van der Waals surface area contributed by atoms with Gasteiger partial charge in [-0.05, 0) is 68.4 Å². The zero-order chi connectivity index (χ0) is 17.5. The lowest BCUT2D eigenvalue weighted by Gasteiger charge is -2.17. The van der Waals surface area contributed by atoms with E-state index in [1.54, 1.807) is 6.33 Å². The van der Waals surface area contributed by atoms with Crippen molar-refractivity contribution in [1.82, 2.24) is 25.1 Å². The molecule has 4 heterocycles. The van der Waals surface area contributed by atoms with Crippen molar-refractivity contribution in [2.75, 3.05) is 13.1 Å². The molecule has 2 aliphatic rings. The molecule has 0 unspecified atom stereocenters. The molecule has 0 radical (unpaired) electrons. The maximum atomic E-state index is 5.88.